The molecule has 0 radical (unpaired) electrons. The lowest BCUT2D eigenvalue weighted by atomic mass is 10.0. The molecule has 3 nitrogen and oxygen atoms in total. The van der Waals surface area contributed by atoms with E-state index in [1.54, 1.807) is 12.3 Å². The van der Waals surface area contributed by atoms with Crippen molar-refractivity contribution >= 4 is 10.9 Å². The molecule has 2 aromatic heterocycles. The van der Waals surface area contributed by atoms with Gasteiger partial charge in [0.15, 0.2) is 5.82 Å². The molecule has 2 aromatic carbocycles. The van der Waals surface area contributed by atoms with Crippen molar-refractivity contribution in [2.75, 3.05) is 0 Å². The molecule has 4 aromatic rings. The Morgan fingerprint density at radius 1 is 0.833 bits per heavy atom. The minimum absolute atomic E-state index is 0.245. The monoisotopic (exact) mass is 315 g/mol. The van der Waals surface area contributed by atoms with Crippen molar-refractivity contribution in [2.45, 2.75) is 6.92 Å². The molecule has 4 rings (SSSR count). The van der Waals surface area contributed by atoms with Gasteiger partial charge in [0.25, 0.3) is 0 Å². The fourth-order valence-electron chi connectivity index (χ4n) is 2.72. The molecule has 0 N–H and O–H groups in total. The van der Waals surface area contributed by atoms with Gasteiger partial charge in [-0.25, -0.2) is 19.3 Å². The van der Waals surface area contributed by atoms with Crippen molar-refractivity contribution in [1.29, 1.82) is 0 Å². The summed E-state index contributed by atoms with van der Waals surface area (Å²) in [6.45, 7) is 1.87. The third-order valence-corrected chi connectivity index (χ3v) is 3.93. The number of aryl methyl sites for hydroxylation is 1. The highest BCUT2D eigenvalue weighted by Crippen LogP contribution is 2.25. The van der Waals surface area contributed by atoms with E-state index in [-0.39, 0.29) is 5.82 Å². The van der Waals surface area contributed by atoms with Gasteiger partial charge in [0.05, 0.1) is 11.2 Å². The number of halogens is 1. The Morgan fingerprint density at radius 2 is 1.67 bits per heavy atom. The largest absolute Gasteiger partial charge is 0.244 e. The van der Waals surface area contributed by atoms with Gasteiger partial charge in [-0.05, 0) is 48.9 Å². The normalized spacial score (nSPS) is 10.9. The quantitative estimate of drug-likeness (QED) is 0.533. The second-order valence-electron chi connectivity index (χ2n) is 5.62. The average molecular weight is 315 g/mol. The summed E-state index contributed by atoms with van der Waals surface area (Å²) in [5.74, 6) is 0.334. The Morgan fingerprint density at radius 3 is 2.54 bits per heavy atom. The van der Waals surface area contributed by atoms with Gasteiger partial charge < -0.3 is 0 Å². The molecule has 0 aliphatic heterocycles. The van der Waals surface area contributed by atoms with E-state index in [1.807, 2.05) is 49.4 Å². The molecule has 0 atom stereocenters. The first-order valence-electron chi connectivity index (χ1n) is 7.66. The number of para-hydroxylation sites is 1. The van der Waals surface area contributed by atoms with Crippen LogP contribution in [-0.2, 0) is 0 Å². The summed E-state index contributed by atoms with van der Waals surface area (Å²) in [5, 5.41) is 0.992. The minimum Gasteiger partial charge on any atom is -0.244 e. The summed E-state index contributed by atoms with van der Waals surface area (Å²) < 4.78 is 13.3. The maximum absolute atomic E-state index is 13.3. The van der Waals surface area contributed by atoms with Crippen LogP contribution < -0.4 is 0 Å². The number of fused-ring (bicyclic) bond motifs is 1. The molecule has 0 spiro atoms. The van der Waals surface area contributed by atoms with Crippen molar-refractivity contribution in [3.63, 3.8) is 0 Å². The van der Waals surface area contributed by atoms with E-state index < -0.39 is 0 Å². The molecule has 0 bridgehead atoms. The van der Waals surface area contributed by atoms with Crippen LogP contribution in [0.25, 0.3) is 33.7 Å². The van der Waals surface area contributed by atoms with E-state index in [0.29, 0.717) is 11.5 Å². The summed E-state index contributed by atoms with van der Waals surface area (Å²) in [6, 6.07) is 18.2. The molecule has 0 aliphatic rings. The molecule has 0 fully saturated rings. The van der Waals surface area contributed by atoms with Crippen LogP contribution in [0, 0.1) is 12.7 Å². The number of hydrogen-bond donors (Lipinski definition) is 0. The van der Waals surface area contributed by atoms with Gasteiger partial charge >= 0.3 is 0 Å². The highest BCUT2D eigenvalue weighted by atomic mass is 19.1. The van der Waals surface area contributed by atoms with E-state index >= 15 is 0 Å². The molecule has 4 heteroatoms. The minimum atomic E-state index is -0.245. The van der Waals surface area contributed by atoms with Gasteiger partial charge in [0.2, 0.25) is 0 Å². The lowest BCUT2D eigenvalue weighted by molar-refractivity contribution is 0.627. The van der Waals surface area contributed by atoms with Crippen LogP contribution in [0.4, 0.5) is 4.39 Å². The Kier molecular flexibility index (Phi) is 3.50. The van der Waals surface area contributed by atoms with Gasteiger partial charge in [-0.15, -0.1) is 0 Å². The lowest BCUT2D eigenvalue weighted by Gasteiger charge is -2.07. The highest BCUT2D eigenvalue weighted by Gasteiger charge is 2.09. The van der Waals surface area contributed by atoms with Crippen LogP contribution in [0.2, 0.25) is 0 Å². The van der Waals surface area contributed by atoms with Crippen molar-refractivity contribution in [3.8, 4) is 22.8 Å². The van der Waals surface area contributed by atoms with Gasteiger partial charge in [0.1, 0.15) is 11.5 Å². The number of rotatable bonds is 2. The SMILES string of the molecule is Cc1cc(F)ccc1-c1cccc(-c2ncc3ccccc3n2)n1. The topological polar surface area (TPSA) is 38.7 Å². The maximum atomic E-state index is 13.3. The number of hydrogen-bond acceptors (Lipinski definition) is 3. The van der Waals surface area contributed by atoms with Crippen LogP contribution in [0.3, 0.4) is 0 Å². The van der Waals surface area contributed by atoms with Crippen molar-refractivity contribution in [2.24, 2.45) is 0 Å². The van der Waals surface area contributed by atoms with Crippen LogP contribution in [-0.4, -0.2) is 15.0 Å². The smallest absolute Gasteiger partial charge is 0.178 e. The second-order valence-corrected chi connectivity index (χ2v) is 5.62. The molecule has 2 heterocycles. The zero-order valence-corrected chi connectivity index (χ0v) is 13.1. The van der Waals surface area contributed by atoms with Crippen LogP contribution in [0.5, 0.6) is 0 Å². The van der Waals surface area contributed by atoms with E-state index in [0.717, 1.165) is 27.7 Å². The molecule has 0 aliphatic carbocycles. The van der Waals surface area contributed by atoms with Crippen molar-refractivity contribution in [3.05, 3.63) is 78.2 Å². The standard InChI is InChI=1S/C20H14FN3/c1-13-11-15(21)9-10-16(13)18-7-4-8-19(23-18)20-22-12-14-5-2-3-6-17(14)24-20/h2-12H,1H3. The Hall–Kier alpha value is -3.14. The highest BCUT2D eigenvalue weighted by molar-refractivity contribution is 5.79. The van der Waals surface area contributed by atoms with Gasteiger partial charge in [-0.1, -0.05) is 24.3 Å². The predicted molar refractivity (Wildman–Crippen MR) is 92.9 cm³/mol. The van der Waals surface area contributed by atoms with Crippen molar-refractivity contribution in [1.82, 2.24) is 15.0 Å². The summed E-state index contributed by atoms with van der Waals surface area (Å²) in [7, 11) is 0. The first-order valence-corrected chi connectivity index (χ1v) is 7.66. The van der Waals surface area contributed by atoms with E-state index in [9.17, 15) is 4.39 Å². The van der Waals surface area contributed by atoms with Crippen LogP contribution in [0.1, 0.15) is 5.56 Å². The summed E-state index contributed by atoms with van der Waals surface area (Å²) in [6.07, 6.45) is 1.80. The number of aromatic nitrogens is 3. The summed E-state index contributed by atoms with van der Waals surface area (Å²) in [5.41, 5.74) is 4.11. The number of pyridine rings is 1. The molecule has 116 valence electrons. The van der Waals surface area contributed by atoms with E-state index in [2.05, 4.69) is 15.0 Å². The van der Waals surface area contributed by atoms with E-state index in [4.69, 9.17) is 0 Å². The molecule has 0 amide bonds. The summed E-state index contributed by atoms with van der Waals surface area (Å²) >= 11 is 0. The molecule has 0 saturated heterocycles. The first kappa shape index (κ1) is 14.5. The Bertz CT molecular complexity index is 1040. The third-order valence-electron chi connectivity index (χ3n) is 3.93. The Labute approximate surface area is 138 Å². The van der Waals surface area contributed by atoms with Gasteiger partial charge in [-0.2, -0.15) is 0 Å². The fraction of sp³-hybridized carbons (Fsp3) is 0.0500. The average Bonchev–Trinajstić information content (AvgIpc) is 2.61. The summed E-state index contributed by atoms with van der Waals surface area (Å²) in [4.78, 5) is 13.7. The van der Waals surface area contributed by atoms with Crippen LogP contribution in [0.15, 0.2) is 66.9 Å². The lowest BCUT2D eigenvalue weighted by Crippen LogP contribution is -1.95. The molecular weight excluding hydrogens is 301 g/mol. The van der Waals surface area contributed by atoms with Crippen LogP contribution >= 0.6 is 0 Å². The molecule has 24 heavy (non-hydrogen) atoms. The third kappa shape index (κ3) is 2.63. The zero-order chi connectivity index (χ0) is 16.5. The Balaban J connectivity index is 1.81. The molecule has 0 saturated carbocycles. The van der Waals surface area contributed by atoms with Gasteiger partial charge in [-0.3, -0.25) is 0 Å². The van der Waals surface area contributed by atoms with E-state index in [1.165, 1.54) is 12.1 Å². The number of benzene rings is 2. The first-order chi connectivity index (χ1) is 11.7. The second kappa shape index (κ2) is 5.81. The maximum Gasteiger partial charge on any atom is 0.178 e. The zero-order valence-electron chi connectivity index (χ0n) is 13.1. The van der Waals surface area contributed by atoms with Crippen molar-refractivity contribution < 1.29 is 4.39 Å². The fourth-order valence-corrected chi connectivity index (χ4v) is 2.72. The molecule has 0 unspecified atom stereocenters. The molecular formula is C20H14FN3. The predicted octanol–water partition coefficient (Wildman–Crippen LogP) is 4.81. The van der Waals surface area contributed by atoms with Gasteiger partial charge in [0, 0.05) is 17.1 Å². The number of nitrogens with zero attached hydrogens (tertiary/aromatic N) is 3.